The Labute approximate surface area is 190 Å². The van der Waals surface area contributed by atoms with E-state index in [-0.39, 0.29) is 16.4 Å². The topological polar surface area (TPSA) is 77.0 Å². The maximum atomic E-state index is 11.7. The molecule has 1 unspecified atom stereocenters. The Morgan fingerprint density at radius 2 is 1.69 bits per heavy atom. The highest BCUT2D eigenvalue weighted by molar-refractivity contribution is 8.15. The van der Waals surface area contributed by atoms with Gasteiger partial charge in [0.05, 0.1) is 11.5 Å². The summed E-state index contributed by atoms with van der Waals surface area (Å²) in [5.74, 6) is 0.473. The van der Waals surface area contributed by atoms with Crippen LogP contribution in [0.1, 0.15) is 11.1 Å². The average Bonchev–Trinajstić information content (AvgIpc) is 3.14. The van der Waals surface area contributed by atoms with E-state index < -0.39 is 0 Å². The van der Waals surface area contributed by atoms with E-state index in [0.29, 0.717) is 25.4 Å². The number of oxime groups is 1. The van der Waals surface area contributed by atoms with Crippen LogP contribution in [0.2, 0.25) is 0 Å². The highest BCUT2D eigenvalue weighted by Crippen LogP contribution is 2.24. The number of imide groups is 1. The van der Waals surface area contributed by atoms with Gasteiger partial charge in [0, 0.05) is 0 Å². The molecule has 162 valence electrons. The maximum absolute atomic E-state index is 11.7. The number of carbonyl (C=O) groups excluding carboxylic acids is 2. The summed E-state index contributed by atoms with van der Waals surface area (Å²) in [7, 11) is 0. The third kappa shape index (κ3) is 5.98. The van der Waals surface area contributed by atoms with Crippen LogP contribution in [-0.2, 0) is 16.1 Å². The lowest BCUT2D eigenvalue weighted by Crippen LogP contribution is -2.25. The molecule has 0 saturated carbocycles. The van der Waals surface area contributed by atoms with E-state index in [1.807, 2.05) is 54.6 Å². The molecule has 3 aromatic rings. The number of carbonyl (C=O) groups is 2. The van der Waals surface area contributed by atoms with Gasteiger partial charge in [0.2, 0.25) is 5.91 Å². The van der Waals surface area contributed by atoms with Crippen molar-refractivity contribution in [2.75, 3.05) is 13.2 Å². The molecule has 0 aliphatic carbocycles. The van der Waals surface area contributed by atoms with Crippen LogP contribution in [0.5, 0.6) is 5.75 Å². The molecule has 4 rings (SSSR count). The molecule has 0 aromatic heterocycles. The van der Waals surface area contributed by atoms with E-state index in [9.17, 15) is 9.59 Å². The third-order valence-electron chi connectivity index (χ3n) is 4.82. The van der Waals surface area contributed by atoms with Crippen molar-refractivity contribution in [2.24, 2.45) is 5.16 Å². The molecule has 1 N–H and O–H groups in total. The van der Waals surface area contributed by atoms with Crippen molar-refractivity contribution in [3.8, 4) is 16.9 Å². The Balaban J connectivity index is 1.19. The summed E-state index contributed by atoms with van der Waals surface area (Å²) >= 11 is 1.03. The summed E-state index contributed by atoms with van der Waals surface area (Å²) in [6.45, 7) is 0.674. The fourth-order valence-corrected chi connectivity index (χ4v) is 4.10. The number of benzene rings is 3. The van der Waals surface area contributed by atoms with Crippen molar-refractivity contribution >= 4 is 29.1 Å². The summed E-state index contributed by atoms with van der Waals surface area (Å²) in [4.78, 5) is 28.2. The van der Waals surface area contributed by atoms with E-state index >= 15 is 0 Å². The molecule has 1 aliphatic rings. The molecule has 32 heavy (non-hydrogen) atoms. The quantitative estimate of drug-likeness (QED) is 0.293. The molecule has 1 aliphatic heterocycles. The molecular formula is C25H22N2O4S. The highest BCUT2D eigenvalue weighted by atomic mass is 32.2. The first kappa shape index (κ1) is 21.6. The minimum Gasteiger partial charge on any atom is -0.490 e. The standard InChI is InChI=1S/C25H22N2O4S/c28-24-23(32-25(29)27-24)16-18-9-11-22(12-10-18)30-13-14-31-26-17-19-5-4-8-21(15-19)20-6-2-1-3-7-20/h1-12,15,17,23H,13-14,16H2,(H,27,28,29). The first-order chi connectivity index (χ1) is 15.7. The zero-order valence-corrected chi connectivity index (χ0v) is 18.1. The van der Waals surface area contributed by atoms with Crippen LogP contribution in [0.4, 0.5) is 4.79 Å². The Kier molecular flexibility index (Phi) is 7.19. The number of ether oxygens (including phenoxy) is 1. The first-order valence-electron chi connectivity index (χ1n) is 10.2. The van der Waals surface area contributed by atoms with E-state index in [1.165, 1.54) is 0 Å². The molecule has 0 radical (unpaired) electrons. The summed E-state index contributed by atoms with van der Waals surface area (Å²) < 4.78 is 5.66. The molecule has 0 spiro atoms. The number of rotatable bonds is 9. The van der Waals surface area contributed by atoms with E-state index in [1.54, 1.807) is 6.21 Å². The van der Waals surface area contributed by atoms with Crippen molar-refractivity contribution in [2.45, 2.75) is 11.7 Å². The normalized spacial score (nSPS) is 15.7. The zero-order valence-electron chi connectivity index (χ0n) is 17.3. The molecule has 0 bridgehead atoms. The second kappa shape index (κ2) is 10.6. The first-order valence-corrected chi connectivity index (χ1v) is 11.1. The Morgan fingerprint density at radius 3 is 2.44 bits per heavy atom. The van der Waals surface area contributed by atoms with Crippen LogP contribution in [-0.4, -0.2) is 35.8 Å². The monoisotopic (exact) mass is 446 g/mol. The van der Waals surface area contributed by atoms with Crippen molar-refractivity contribution in [3.05, 3.63) is 90.0 Å². The molecular weight excluding hydrogens is 424 g/mol. The summed E-state index contributed by atoms with van der Waals surface area (Å²) in [6, 6.07) is 25.7. The summed E-state index contributed by atoms with van der Waals surface area (Å²) in [5, 5.41) is 5.67. The van der Waals surface area contributed by atoms with Gasteiger partial charge in [-0.05, 0) is 46.9 Å². The molecule has 1 heterocycles. The van der Waals surface area contributed by atoms with E-state index in [2.05, 4.69) is 34.7 Å². The second-order valence-electron chi connectivity index (χ2n) is 7.14. The largest absolute Gasteiger partial charge is 0.490 e. The van der Waals surface area contributed by atoms with Gasteiger partial charge in [0.25, 0.3) is 5.24 Å². The number of nitrogens with one attached hydrogen (secondary N) is 1. The van der Waals surface area contributed by atoms with Crippen LogP contribution in [0.3, 0.4) is 0 Å². The van der Waals surface area contributed by atoms with Crippen LogP contribution in [0, 0.1) is 0 Å². The maximum Gasteiger partial charge on any atom is 0.286 e. The molecule has 1 saturated heterocycles. The summed E-state index contributed by atoms with van der Waals surface area (Å²) in [5.41, 5.74) is 4.21. The van der Waals surface area contributed by atoms with Gasteiger partial charge in [-0.3, -0.25) is 14.9 Å². The zero-order chi connectivity index (χ0) is 22.2. The lowest BCUT2D eigenvalue weighted by Gasteiger charge is -2.08. The molecule has 1 atom stereocenters. The van der Waals surface area contributed by atoms with Gasteiger partial charge in [-0.15, -0.1) is 0 Å². The van der Waals surface area contributed by atoms with Crippen LogP contribution < -0.4 is 10.1 Å². The van der Waals surface area contributed by atoms with Crippen molar-refractivity contribution < 1.29 is 19.2 Å². The minimum atomic E-state index is -0.367. The van der Waals surface area contributed by atoms with Gasteiger partial charge >= 0.3 is 0 Å². The van der Waals surface area contributed by atoms with Gasteiger partial charge in [0.1, 0.15) is 12.4 Å². The fourth-order valence-electron chi connectivity index (χ4n) is 3.24. The lowest BCUT2D eigenvalue weighted by molar-refractivity contribution is -0.118. The van der Waals surface area contributed by atoms with Crippen LogP contribution in [0.15, 0.2) is 84.0 Å². The van der Waals surface area contributed by atoms with E-state index in [4.69, 9.17) is 9.57 Å². The molecule has 3 aromatic carbocycles. The molecule has 7 heteroatoms. The van der Waals surface area contributed by atoms with Gasteiger partial charge in [-0.1, -0.05) is 77.6 Å². The van der Waals surface area contributed by atoms with Gasteiger partial charge in [0.15, 0.2) is 6.61 Å². The SMILES string of the molecule is O=C1NC(=O)C(Cc2ccc(OCCON=Cc3cccc(-c4ccccc4)c3)cc2)S1. The molecule has 6 nitrogen and oxygen atoms in total. The Bertz CT molecular complexity index is 1100. The minimum absolute atomic E-state index is 0.232. The Morgan fingerprint density at radius 1 is 0.906 bits per heavy atom. The smallest absolute Gasteiger partial charge is 0.286 e. The summed E-state index contributed by atoms with van der Waals surface area (Å²) in [6.07, 6.45) is 2.19. The third-order valence-corrected chi connectivity index (χ3v) is 5.81. The van der Waals surface area contributed by atoms with Crippen molar-refractivity contribution in [1.82, 2.24) is 5.32 Å². The predicted octanol–water partition coefficient (Wildman–Crippen LogP) is 4.68. The number of amides is 2. The average molecular weight is 447 g/mol. The van der Waals surface area contributed by atoms with Gasteiger partial charge in [-0.2, -0.15) is 0 Å². The van der Waals surface area contributed by atoms with Crippen molar-refractivity contribution in [3.63, 3.8) is 0 Å². The highest BCUT2D eigenvalue weighted by Gasteiger charge is 2.31. The predicted molar refractivity (Wildman–Crippen MR) is 126 cm³/mol. The number of hydrogen-bond donors (Lipinski definition) is 1. The lowest BCUT2D eigenvalue weighted by atomic mass is 10.0. The molecule has 1 fully saturated rings. The fraction of sp³-hybridized carbons (Fsp3) is 0.160. The van der Waals surface area contributed by atoms with Crippen molar-refractivity contribution in [1.29, 1.82) is 0 Å². The van der Waals surface area contributed by atoms with Crippen LogP contribution in [0.25, 0.3) is 11.1 Å². The van der Waals surface area contributed by atoms with Gasteiger partial charge in [-0.25, -0.2) is 0 Å². The molecule has 2 amide bonds. The number of nitrogens with zero attached hydrogens (tertiary/aromatic N) is 1. The number of hydrogen-bond acceptors (Lipinski definition) is 6. The van der Waals surface area contributed by atoms with E-state index in [0.717, 1.165) is 34.0 Å². The Hall–Kier alpha value is -3.58. The van der Waals surface area contributed by atoms with Crippen LogP contribution >= 0.6 is 11.8 Å². The second-order valence-corrected chi connectivity index (χ2v) is 8.31. The van der Waals surface area contributed by atoms with Gasteiger partial charge < -0.3 is 9.57 Å². The number of thioether (sulfide) groups is 1.